The normalized spacial score (nSPS) is 11.5. The van der Waals surface area contributed by atoms with Crippen molar-refractivity contribution in [2.24, 2.45) is 9.98 Å². The summed E-state index contributed by atoms with van der Waals surface area (Å²) in [6.07, 6.45) is 0. The minimum Gasteiger partial charge on any atom is -0.462 e. The van der Waals surface area contributed by atoms with Crippen LogP contribution in [0.3, 0.4) is 0 Å². The van der Waals surface area contributed by atoms with E-state index >= 15 is 0 Å². The van der Waals surface area contributed by atoms with Gasteiger partial charge < -0.3 is 29.6 Å². The van der Waals surface area contributed by atoms with Crippen molar-refractivity contribution in [3.05, 3.63) is 130 Å². The minimum atomic E-state index is -0.769. The van der Waals surface area contributed by atoms with E-state index in [-0.39, 0.29) is 46.4 Å². The van der Waals surface area contributed by atoms with Crippen molar-refractivity contribution in [1.82, 2.24) is 0 Å². The van der Waals surface area contributed by atoms with Crippen LogP contribution in [-0.4, -0.2) is 37.2 Å². The molecule has 2 N–H and O–H groups in total. The maximum absolute atomic E-state index is 13.7. The molecule has 0 unspecified atom stereocenters. The average Bonchev–Trinajstić information content (AvgIpc) is 3.44. The zero-order valence-corrected chi connectivity index (χ0v) is 30.2. The van der Waals surface area contributed by atoms with Gasteiger partial charge in [0.05, 0.1) is 13.2 Å². The molecule has 5 rings (SSSR count). The summed E-state index contributed by atoms with van der Waals surface area (Å²) < 4.78 is 23.4. The second kappa shape index (κ2) is 17.1. The predicted molar refractivity (Wildman–Crippen MR) is 204 cm³/mol. The molecule has 0 spiro atoms. The van der Waals surface area contributed by atoms with Gasteiger partial charge >= 0.3 is 24.0 Å². The number of nitrogens with one attached hydrogen (secondary N) is 2. The van der Waals surface area contributed by atoms with Crippen LogP contribution in [0.5, 0.6) is 11.5 Å². The van der Waals surface area contributed by atoms with Gasteiger partial charge in [0.1, 0.15) is 32.6 Å². The van der Waals surface area contributed by atoms with Crippen LogP contribution in [-0.2, 0) is 9.47 Å². The molecule has 11 heteroatoms. The van der Waals surface area contributed by atoms with Crippen molar-refractivity contribution in [2.75, 3.05) is 23.8 Å². The van der Waals surface area contributed by atoms with Crippen LogP contribution >= 0.6 is 11.3 Å². The van der Waals surface area contributed by atoms with Gasteiger partial charge in [-0.3, -0.25) is 0 Å². The van der Waals surface area contributed by atoms with E-state index in [9.17, 15) is 9.59 Å². The lowest BCUT2D eigenvalue weighted by atomic mass is 10.1. The summed E-state index contributed by atoms with van der Waals surface area (Å²) in [7, 11) is 0. The van der Waals surface area contributed by atoms with Crippen LogP contribution in [0.2, 0.25) is 0 Å². The van der Waals surface area contributed by atoms with E-state index in [4.69, 9.17) is 28.9 Å². The summed E-state index contributed by atoms with van der Waals surface area (Å²) in [6, 6.07) is 30.4. The molecule has 0 atom stereocenters. The fourth-order valence-electron chi connectivity index (χ4n) is 4.82. The number of amidine groups is 2. The molecule has 262 valence electrons. The van der Waals surface area contributed by atoms with Gasteiger partial charge in [-0.15, -0.1) is 0 Å². The topological polar surface area (TPSA) is 120 Å². The van der Waals surface area contributed by atoms with Crippen molar-refractivity contribution >= 4 is 56.7 Å². The molecule has 5 aromatic rings. The van der Waals surface area contributed by atoms with Crippen LogP contribution in [0.15, 0.2) is 107 Å². The average molecular weight is 705 g/mol. The third kappa shape index (κ3) is 10.1. The molecule has 0 fully saturated rings. The highest BCUT2D eigenvalue weighted by molar-refractivity contribution is 7.20. The molecule has 4 aromatic carbocycles. The van der Waals surface area contributed by atoms with E-state index in [0.29, 0.717) is 22.9 Å². The summed E-state index contributed by atoms with van der Waals surface area (Å²) in [5.74, 6) is -0.521. The Morgan fingerprint density at radius 2 is 0.961 bits per heavy atom. The number of aryl methyl sites for hydroxylation is 4. The molecule has 0 aliphatic rings. The number of thiophene rings is 1. The number of ether oxygens (including phenoxy) is 4. The predicted octanol–water partition coefficient (Wildman–Crippen LogP) is 9.69. The SMILES string of the molecule is CCOC(=O)c1c(/N=C(/Nc2cccc(C)c2)Oc2ccc(C)cc2)sc(/N=C(\Nc2cccc(C)c2)Oc2ccc(C)cc2)c1C(=O)OCC. The van der Waals surface area contributed by atoms with Gasteiger partial charge in [0.2, 0.25) is 0 Å². The van der Waals surface area contributed by atoms with Crippen LogP contribution in [0.4, 0.5) is 21.4 Å². The zero-order valence-electron chi connectivity index (χ0n) is 29.4. The Morgan fingerprint density at radius 3 is 1.31 bits per heavy atom. The lowest BCUT2D eigenvalue weighted by Crippen LogP contribution is -2.20. The number of carbonyl (C=O) groups excluding carboxylic acids is 2. The van der Waals surface area contributed by atoms with E-state index in [0.717, 1.165) is 33.6 Å². The monoisotopic (exact) mass is 704 g/mol. The van der Waals surface area contributed by atoms with Crippen LogP contribution in [0.1, 0.15) is 56.8 Å². The summed E-state index contributed by atoms with van der Waals surface area (Å²) in [6.45, 7) is 11.4. The van der Waals surface area contributed by atoms with Crippen LogP contribution in [0.25, 0.3) is 0 Å². The molecule has 0 aliphatic heterocycles. The minimum absolute atomic E-state index is 0.0520. The highest BCUT2D eigenvalue weighted by Gasteiger charge is 2.32. The Bertz CT molecular complexity index is 1910. The van der Waals surface area contributed by atoms with E-state index in [1.807, 2.05) is 125 Å². The van der Waals surface area contributed by atoms with E-state index in [2.05, 4.69) is 10.6 Å². The maximum Gasteiger partial charge on any atom is 0.342 e. The molecule has 0 saturated carbocycles. The van der Waals surface area contributed by atoms with Crippen molar-refractivity contribution in [3.8, 4) is 11.5 Å². The lowest BCUT2D eigenvalue weighted by molar-refractivity contribution is 0.0481. The number of hydrogen-bond acceptors (Lipinski definition) is 9. The number of hydrogen-bond donors (Lipinski definition) is 2. The molecule has 10 nitrogen and oxygen atoms in total. The standard InChI is InChI=1S/C40H40N4O6S/c1-7-47-37(45)33-34(38(46)48-8-2)36(44-40(42-30-14-10-12-28(6)24-30)50-32-21-17-26(4)18-22-32)51-35(33)43-39(41-29-13-9-11-27(5)23-29)49-31-19-15-25(3)16-20-31/h9-24H,7-8H2,1-6H3,(H,41,43)(H,42,44). The third-order valence-electron chi connectivity index (χ3n) is 7.25. The van der Waals surface area contributed by atoms with E-state index in [1.165, 1.54) is 0 Å². The zero-order chi connectivity index (χ0) is 36.3. The summed E-state index contributed by atoms with van der Waals surface area (Å²) in [5.41, 5.74) is 5.33. The first-order chi connectivity index (χ1) is 24.6. The van der Waals surface area contributed by atoms with Crippen molar-refractivity contribution < 1.29 is 28.5 Å². The van der Waals surface area contributed by atoms with E-state index in [1.54, 1.807) is 13.8 Å². The third-order valence-corrected chi connectivity index (χ3v) is 8.22. The number of aliphatic imine (C=N–C) groups is 2. The van der Waals surface area contributed by atoms with Crippen molar-refractivity contribution in [1.29, 1.82) is 0 Å². The molecule has 0 radical (unpaired) electrons. The summed E-state index contributed by atoms with van der Waals surface area (Å²) in [5, 5.41) is 6.67. The second-order valence-electron chi connectivity index (χ2n) is 11.6. The summed E-state index contributed by atoms with van der Waals surface area (Å²) in [4.78, 5) is 36.9. The second-order valence-corrected chi connectivity index (χ2v) is 12.5. The fraction of sp³-hybridized carbons (Fsp3) is 0.200. The number of carbonyl (C=O) groups is 2. The Morgan fingerprint density at radius 1 is 0.569 bits per heavy atom. The molecule has 1 aromatic heterocycles. The quantitative estimate of drug-likeness (QED) is 0.0838. The molecule has 0 bridgehead atoms. The van der Waals surface area contributed by atoms with Gasteiger partial charge in [-0.05, 0) is 101 Å². The van der Waals surface area contributed by atoms with Gasteiger partial charge in [-0.1, -0.05) is 71.0 Å². The maximum atomic E-state index is 13.7. The molecule has 51 heavy (non-hydrogen) atoms. The number of nitrogens with zero attached hydrogens (tertiary/aromatic N) is 2. The molecular weight excluding hydrogens is 665 g/mol. The van der Waals surface area contributed by atoms with Crippen molar-refractivity contribution in [2.45, 2.75) is 41.5 Å². The first kappa shape index (κ1) is 36.3. The molecule has 0 saturated heterocycles. The highest BCUT2D eigenvalue weighted by atomic mass is 32.1. The number of rotatable bonds is 10. The smallest absolute Gasteiger partial charge is 0.342 e. The lowest BCUT2D eigenvalue weighted by Gasteiger charge is -2.12. The van der Waals surface area contributed by atoms with Crippen molar-refractivity contribution in [3.63, 3.8) is 0 Å². The van der Waals surface area contributed by atoms with Crippen LogP contribution in [0, 0.1) is 27.7 Å². The molecular formula is C40H40N4O6S. The highest BCUT2D eigenvalue weighted by Crippen LogP contribution is 2.43. The van der Waals surface area contributed by atoms with Gasteiger partial charge in [-0.25, -0.2) is 9.59 Å². The molecule has 1 heterocycles. The summed E-state index contributed by atoms with van der Waals surface area (Å²) >= 11 is 0.988. The van der Waals surface area contributed by atoms with Gasteiger partial charge in [-0.2, -0.15) is 9.98 Å². The Hall–Kier alpha value is -5.94. The Kier molecular flexibility index (Phi) is 12.2. The number of esters is 2. The first-order valence-electron chi connectivity index (χ1n) is 16.5. The Labute approximate surface area is 301 Å². The largest absolute Gasteiger partial charge is 0.462 e. The van der Waals surface area contributed by atoms with Gasteiger partial charge in [0.15, 0.2) is 0 Å². The number of benzene rings is 4. The Balaban J connectivity index is 1.71. The van der Waals surface area contributed by atoms with Gasteiger partial charge in [0, 0.05) is 11.4 Å². The fourth-order valence-corrected chi connectivity index (χ4v) is 5.83. The van der Waals surface area contributed by atoms with Gasteiger partial charge in [0.25, 0.3) is 0 Å². The van der Waals surface area contributed by atoms with Crippen LogP contribution < -0.4 is 20.1 Å². The molecule has 0 amide bonds. The van der Waals surface area contributed by atoms with E-state index < -0.39 is 11.9 Å². The molecule has 0 aliphatic carbocycles. The number of anilines is 2. The first-order valence-corrected chi connectivity index (χ1v) is 17.3.